The van der Waals surface area contributed by atoms with Gasteiger partial charge in [0, 0.05) is 5.41 Å². The van der Waals surface area contributed by atoms with Crippen LogP contribution in [0, 0.1) is 0 Å². The Morgan fingerprint density at radius 2 is 1.24 bits per heavy atom. The topological polar surface area (TPSA) is 0 Å². The molecule has 0 atom stereocenters. The summed E-state index contributed by atoms with van der Waals surface area (Å²) in [5, 5.41) is 5.31. The highest BCUT2D eigenvalue weighted by molar-refractivity contribution is 6.16. The van der Waals surface area contributed by atoms with Crippen LogP contribution < -0.4 is 0 Å². The van der Waals surface area contributed by atoms with Crippen LogP contribution in [0.4, 0.5) is 0 Å². The molecule has 6 rings (SSSR count). The number of benzene rings is 5. The first-order chi connectivity index (χ1) is 14.2. The summed E-state index contributed by atoms with van der Waals surface area (Å²) < 4.78 is 0. The molecule has 5 aromatic carbocycles. The van der Waals surface area contributed by atoms with Crippen LogP contribution in [0.25, 0.3) is 43.8 Å². The van der Waals surface area contributed by atoms with Gasteiger partial charge in [0.05, 0.1) is 0 Å². The van der Waals surface area contributed by atoms with E-state index in [-0.39, 0.29) is 5.41 Å². The fourth-order valence-corrected chi connectivity index (χ4v) is 5.22. The fourth-order valence-electron chi connectivity index (χ4n) is 5.22. The molecule has 138 valence electrons. The first-order valence-electron chi connectivity index (χ1n) is 10.3. The summed E-state index contributed by atoms with van der Waals surface area (Å²) in [5.41, 5.74) is 8.27. The van der Waals surface area contributed by atoms with Crippen LogP contribution in [-0.4, -0.2) is 0 Å². The molecule has 0 heterocycles. The molecule has 1 aliphatic rings. The van der Waals surface area contributed by atoms with E-state index in [1.807, 2.05) is 0 Å². The van der Waals surface area contributed by atoms with Gasteiger partial charge >= 0.3 is 0 Å². The van der Waals surface area contributed by atoms with Crippen molar-refractivity contribution in [3.63, 3.8) is 0 Å². The minimum absolute atomic E-state index is 0.0133. The molecule has 0 unspecified atom stereocenters. The van der Waals surface area contributed by atoms with E-state index in [4.69, 9.17) is 0 Å². The van der Waals surface area contributed by atoms with Crippen molar-refractivity contribution in [1.29, 1.82) is 0 Å². The third-order valence-corrected chi connectivity index (χ3v) is 6.65. The van der Waals surface area contributed by atoms with Crippen LogP contribution in [0.15, 0.2) is 97.1 Å². The molecular formula is C29H22. The predicted molar refractivity (Wildman–Crippen MR) is 124 cm³/mol. The molecule has 0 aliphatic heterocycles. The van der Waals surface area contributed by atoms with E-state index in [9.17, 15) is 0 Å². The standard InChI is InChI=1S/C29H22/c1-29(2)25-15-9-8-14-23(25)28-26(29)18-24-21-13-7-6-10-19(21)16-17-22(24)27(28)20-11-4-3-5-12-20/h3-18H,1-2H3. The lowest BCUT2D eigenvalue weighted by atomic mass is 9.80. The van der Waals surface area contributed by atoms with E-state index in [1.165, 1.54) is 54.9 Å². The van der Waals surface area contributed by atoms with Crippen molar-refractivity contribution in [1.82, 2.24) is 0 Å². The first kappa shape index (κ1) is 16.6. The molecule has 0 saturated heterocycles. The third kappa shape index (κ3) is 2.20. The molecule has 5 aromatic rings. The SMILES string of the molecule is CC1(C)c2ccccc2-c2c1cc1c(ccc3ccccc31)c2-c1ccccc1. The second kappa shape index (κ2) is 5.81. The van der Waals surface area contributed by atoms with Crippen LogP contribution in [0.3, 0.4) is 0 Å². The summed E-state index contributed by atoms with van der Waals surface area (Å²) in [6, 6.07) is 35.6. The smallest absolute Gasteiger partial charge is 0.0159 e. The number of hydrogen-bond donors (Lipinski definition) is 0. The molecule has 0 saturated carbocycles. The number of rotatable bonds is 1. The summed E-state index contributed by atoms with van der Waals surface area (Å²) in [4.78, 5) is 0. The van der Waals surface area contributed by atoms with Gasteiger partial charge in [0.15, 0.2) is 0 Å². The summed E-state index contributed by atoms with van der Waals surface area (Å²) in [6.07, 6.45) is 0. The van der Waals surface area contributed by atoms with Gasteiger partial charge in [-0.05, 0) is 61.0 Å². The Morgan fingerprint density at radius 1 is 0.517 bits per heavy atom. The van der Waals surface area contributed by atoms with Crippen molar-refractivity contribution in [3.8, 4) is 22.3 Å². The molecule has 0 N–H and O–H groups in total. The Hall–Kier alpha value is -3.38. The Balaban J connectivity index is 1.87. The lowest BCUT2D eigenvalue weighted by molar-refractivity contribution is 0.661. The second-order valence-corrected chi connectivity index (χ2v) is 8.59. The molecule has 29 heavy (non-hydrogen) atoms. The summed E-state index contributed by atoms with van der Waals surface area (Å²) in [5.74, 6) is 0. The van der Waals surface area contributed by atoms with Crippen molar-refractivity contribution >= 4 is 21.5 Å². The van der Waals surface area contributed by atoms with E-state index in [0.29, 0.717) is 0 Å². The van der Waals surface area contributed by atoms with Crippen molar-refractivity contribution < 1.29 is 0 Å². The molecule has 0 spiro atoms. The first-order valence-corrected chi connectivity index (χ1v) is 10.3. The summed E-state index contributed by atoms with van der Waals surface area (Å²) in [7, 11) is 0. The van der Waals surface area contributed by atoms with Crippen molar-refractivity contribution in [2.45, 2.75) is 19.3 Å². The van der Waals surface area contributed by atoms with Crippen LogP contribution in [0.5, 0.6) is 0 Å². The van der Waals surface area contributed by atoms with Gasteiger partial charge in [-0.2, -0.15) is 0 Å². The van der Waals surface area contributed by atoms with Gasteiger partial charge in [-0.15, -0.1) is 0 Å². The maximum Gasteiger partial charge on any atom is 0.0159 e. The lowest BCUT2D eigenvalue weighted by Gasteiger charge is -2.23. The summed E-state index contributed by atoms with van der Waals surface area (Å²) in [6.45, 7) is 4.73. The van der Waals surface area contributed by atoms with Crippen LogP contribution in [-0.2, 0) is 5.41 Å². The maximum atomic E-state index is 2.46. The fraction of sp³-hybridized carbons (Fsp3) is 0.103. The van der Waals surface area contributed by atoms with E-state index in [0.717, 1.165) is 0 Å². The normalized spacial score (nSPS) is 14.1. The lowest BCUT2D eigenvalue weighted by Crippen LogP contribution is -2.15. The van der Waals surface area contributed by atoms with E-state index < -0.39 is 0 Å². The summed E-state index contributed by atoms with van der Waals surface area (Å²) >= 11 is 0. The average Bonchev–Trinajstić information content (AvgIpc) is 3.00. The number of hydrogen-bond acceptors (Lipinski definition) is 0. The predicted octanol–water partition coefficient (Wildman–Crippen LogP) is 7.97. The largest absolute Gasteiger partial charge is 0.0622 e. The Morgan fingerprint density at radius 3 is 2.10 bits per heavy atom. The molecule has 0 aromatic heterocycles. The third-order valence-electron chi connectivity index (χ3n) is 6.65. The van der Waals surface area contributed by atoms with E-state index >= 15 is 0 Å². The van der Waals surface area contributed by atoms with Gasteiger partial charge in [0.1, 0.15) is 0 Å². The monoisotopic (exact) mass is 370 g/mol. The Kier molecular flexibility index (Phi) is 3.32. The maximum absolute atomic E-state index is 2.46. The molecule has 0 bridgehead atoms. The zero-order valence-electron chi connectivity index (χ0n) is 16.7. The highest BCUT2D eigenvalue weighted by atomic mass is 14.4. The van der Waals surface area contributed by atoms with Crippen molar-refractivity contribution in [2.75, 3.05) is 0 Å². The molecular weight excluding hydrogens is 348 g/mol. The zero-order valence-corrected chi connectivity index (χ0v) is 16.7. The van der Waals surface area contributed by atoms with Crippen LogP contribution in [0.2, 0.25) is 0 Å². The molecule has 1 aliphatic carbocycles. The number of fused-ring (bicyclic) bond motifs is 6. The Labute approximate surface area is 171 Å². The van der Waals surface area contributed by atoms with Crippen LogP contribution >= 0.6 is 0 Å². The quantitative estimate of drug-likeness (QED) is 0.262. The zero-order chi connectivity index (χ0) is 19.6. The minimum atomic E-state index is -0.0133. The molecule has 0 heteroatoms. The Bertz CT molecular complexity index is 1400. The van der Waals surface area contributed by atoms with Gasteiger partial charge in [0.25, 0.3) is 0 Å². The minimum Gasteiger partial charge on any atom is -0.0622 e. The van der Waals surface area contributed by atoms with Crippen LogP contribution in [0.1, 0.15) is 25.0 Å². The highest BCUT2D eigenvalue weighted by Gasteiger charge is 2.37. The molecule has 0 amide bonds. The van der Waals surface area contributed by atoms with Gasteiger partial charge < -0.3 is 0 Å². The van der Waals surface area contributed by atoms with E-state index in [1.54, 1.807) is 0 Å². The van der Waals surface area contributed by atoms with Crippen molar-refractivity contribution in [3.05, 3.63) is 108 Å². The van der Waals surface area contributed by atoms with Gasteiger partial charge in [0.2, 0.25) is 0 Å². The highest BCUT2D eigenvalue weighted by Crippen LogP contribution is 2.54. The average molecular weight is 370 g/mol. The van der Waals surface area contributed by atoms with E-state index in [2.05, 4.69) is 111 Å². The second-order valence-electron chi connectivity index (χ2n) is 8.59. The van der Waals surface area contributed by atoms with Gasteiger partial charge in [-0.25, -0.2) is 0 Å². The van der Waals surface area contributed by atoms with Gasteiger partial charge in [-0.3, -0.25) is 0 Å². The van der Waals surface area contributed by atoms with Gasteiger partial charge in [-0.1, -0.05) is 105 Å². The molecule has 0 nitrogen and oxygen atoms in total. The van der Waals surface area contributed by atoms with Crippen molar-refractivity contribution in [2.24, 2.45) is 0 Å². The molecule has 0 fully saturated rings. The molecule has 0 radical (unpaired) electrons.